The zero-order chi connectivity index (χ0) is 12.1. The van der Waals surface area contributed by atoms with E-state index in [1.165, 1.54) is 11.3 Å². The van der Waals surface area contributed by atoms with Gasteiger partial charge in [0.1, 0.15) is 6.33 Å². The molecule has 0 amide bonds. The van der Waals surface area contributed by atoms with E-state index < -0.39 is 0 Å². The van der Waals surface area contributed by atoms with E-state index in [-0.39, 0.29) is 0 Å². The predicted molar refractivity (Wildman–Crippen MR) is 69.9 cm³/mol. The van der Waals surface area contributed by atoms with E-state index >= 15 is 0 Å². The summed E-state index contributed by atoms with van der Waals surface area (Å²) in [6.07, 6.45) is 5.21. The minimum absolute atomic E-state index is 0.519. The van der Waals surface area contributed by atoms with E-state index in [9.17, 15) is 0 Å². The number of hydrogen-bond donors (Lipinski definition) is 1. The minimum Gasteiger partial charge on any atom is -0.381 e. The number of hydrogen-bond acceptors (Lipinski definition) is 3. The maximum atomic E-state index is 4.00. The van der Waals surface area contributed by atoms with Crippen molar-refractivity contribution >= 4 is 5.69 Å². The van der Waals surface area contributed by atoms with Gasteiger partial charge in [0.05, 0.1) is 0 Å². The Kier molecular flexibility index (Phi) is 3.70. The lowest BCUT2D eigenvalue weighted by Crippen LogP contribution is -2.03. The lowest BCUT2D eigenvalue weighted by atomic mass is 10.0. The van der Waals surface area contributed by atoms with Gasteiger partial charge in [-0.2, -0.15) is 0 Å². The van der Waals surface area contributed by atoms with Crippen molar-refractivity contribution in [1.29, 1.82) is 0 Å². The van der Waals surface area contributed by atoms with Gasteiger partial charge >= 0.3 is 0 Å². The Hall–Kier alpha value is -1.90. The molecule has 3 nitrogen and oxygen atoms in total. The van der Waals surface area contributed by atoms with Crippen LogP contribution in [0.25, 0.3) is 0 Å². The SMILES string of the molecule is CC(C)c1ccccc1NCc1cncnc1. The van der Waals surface area contributed by atoms with Gasteiger partial charge < -0.3 is 5.32 Å². The van der Waals surface area contributed by atoms with E-state index in [4.69, 9.17) is 0 Å². The van der Waals surface area contributed by atoms with Crippen molar-refractivity contribution in [3.63, 3.8) is 0 Å². The molecule has 0 radical (unpaired) electrons. The molecule has 0 fully saturated rings. The molecule has 17 heavy (non-hydrogen) atoms. The number of nitrogens with one attached hydrogen (secondary N) is 1. The summed E-state index contributed by atoms with van der Waals surface area (Å²) in [6, 6.07) is 8.40. The molecule has 0 spiro atoms. The summed E-state index contributed by atoms with van der Waals surface area (Å²) in [6.45, 7) is 5.16. The Bertz CT molecular complexity index is 466. The highest BCUT2D eigenvalue weighted by molar-refractivity contribution is 5.52. The zero-order valence-corrected chi connectivity index (χ0v) is 10.2. The van der Waals surface area contributed by atoms with E-state index in [2.05, 4.69) is 53.4 Å². The topological polar surface area (TPSA) is 37.8 Å². The van der Waals surface area contributed by atoms with Crippen LogP contribution in [-0.4, -0.2) is 9.97 Å². The molecule has 88 valence electrons. The molecule has 0 aliphatic heterocycles. The van der Waals surface area contributed by atoms with Crippen LogP contribution < -0.4 is 5.32 Å². The van der Waals surface area contributed by atoms with Crippen LogP contribution in [0.15, 0.2) is 43.0 Å². The summed E-state index contributed by atoms with van der Waals surface area (Å²) in [5.41, 5.74) is 3.61. The van der Waals surface area contributed by atoms with E-state index in [0.717, 1.165) is 12.1 Å². The third-order valence-corrected chi connectivity index (χ3v) is 2.68. The number of aromatic nitrogens is 2. The molecule has 1 N–H and O–H groups in total. The zero-order valence-electron chi connectivity index (χ0n) is 10.2. The molecule has 2 aromatic rings. The summed E-state index contributed by atoms with van der Waals surface area (Å²) >= 11 is 0. The Labute approximate surface area is 102 Å². The molecule has 1 aromatic carbocycles. The first-order valence-electron chi connectivity index (χ1n) is 5.84. The lowest BCUT2D eigenvalue weighted by molar-refractivity contribution is 0.865. The summed E-state index contributed by atoms with van der Waals surface area (Å²) in [4.78, 5) is 8.01. The van der Waals surface area contributed by atoms with Crippen LogP contribution in [0.1, 0.15) is 30.9 Å². The maximum Gasteiger partial charge on any atom is 0.115 e. The van der Waals surface area contributed by atoms with Gasteiger partial charge in [-0.1, -0.05) is 32.0 Å². The fourth-order valence-corrected chi connectivity index (χ4v) is 1.78. The number of anilines is 1. The number of nitrogens with zero attached hydrogens (tertiary/aromatic N) is 2. The molecular formula is C14H17N3. The first-order chi connectivity index (χ1) is 8.27. The molecule has 0 aliphatic carbocycles. The molecule has 2 rings (SSSR count). The van der Waals surface area contributed by atoms with E-state index in [1.807, 2.05) is 12.4 Å². The van der Waals surface area contributed by atoms with Crippen molar-refractivity contribution in [2.45, 2.75) is 26.3 Å². The van der Waals surface area contributed by atoms with Crippen LogP contribution >= 0.6 is 0 Å². The van der Waals surface area contributed by atoms with Crippen LogP contribution in [0.3, 0.4) is 0 Å². The molecule has 1 aromatic heterocycles. The minimum atomic E-state index is 0.519. The largest absolute Gasteiger partial charge is 0.381 e. The molecule has 0 atom stereocenters. The standard InChI is InChI=1S/C14H17N3/c1-11(2)13-5-3-4-6-14(13)17-9-12-7-15-10-16-8-12/h3-8,10-11,17H,9H2,1-2H3. The average molecular weight is 227 g/mol. The van der Waals surface area contributed by atoms with Gasteiger partial charge in [-0.25, -0.2) is 9.97 Å². The maximum absolute atomic E-state index is 4.00. The Morgan fingerprint density at radius 3 is 2.53 bits per heavy atom. The average Bonchev–Trinajstić information content (AvgIpc) is 2.38. The Morgan fingerprint density at radius 2 is 1.82 bits per heavy atom. The Morgan fingerprint density at radius 1 is 1.12 bits per heavy atom. The van der Waals surface area contributed by atoms with Crippen LogP contribution in [0.4, 0.5) is 5.69 Å². The second-order valence-electron chi connectivity index (χ2n) is 4.34. The smallest absolute Gasteiger partial charge is 0.115 e. The lowest BCUT2D eigenvalue weighted by Gasteiger charge is -2.14. The van der Waals surface area contributed by atoms with Gasteiger partial charge in [0.15, 0.2) is 0 Å². The first-order valence-corrected chi connectivity index (χ1v) is 5.84. The highest BCUT2D eigenvalue weighted by Crippen LogP contribution is 2.23. The van der Waals surface area contributed by atoms with Gasteiger partial charge in [0, 0.05) is 30.2 Å². The van der Waals surface area contributed by atoms with Crippen molar-refractivity contribution in [3.8, 4) is 0 Å². The molecule has 0 bridgehead atoms. The molecule has 0 saturated carbocycles. The molecule has 0 saturated heterocycles. The summed E-state index contributed by atoms with van der Waals surface area (Å²) in [5, 5.41) is 3.43. The molecule has 0 aliphatic rings. The van der Waals surface area contributed by atoms with Gasteiger partial charge in [0.25, 0.3) is 0 Å². The van der Waals surface area contributed by atoms with Crippen molar-refractivity contribution in [2.75, 3.05) is 5.32 Å². The third kappa shape index (κ3) is 3.03. The van der Waals surface area contributed by atoms with Gasteiger partial charge in [-0.05, 0) is 17.5 Å². The molecule has 1 heterocycles. The monoisotopic (exact) mass is 227 g/mol. The number of para-hydroxylation sites is 1. The van der Waals surface area contributed by atoms with Crippen LogP contribution in [0.2, 0.25) is 0 Å². The van der Waals surface area contributed by atoms with Crippen LogP contribution in [0.5, 0.6) is 0 Å². The molecular weight excluding hydrogens is 210 g/mol. The predicted octanol–water partition coefficient (Wildman–Crippen LogP) is 3.21. The van der Waals surface area contributed by atoms with E-state index in [1.54, 1.807) is 6.33 Å². The first kappa shape index (κ1) is 11.6. The summed E-state index contributed by atoms with van der Waals surface area (Å²) in [7, 11) is 0. The van der Waals surface area contributed by atoms with Gasteiger partial charge in [0.2, 0.25) is 0 Å². The summed E-state index contributed by atoms with van der Waals surface area (Å²) < 4.78 is 0. The van der Waals surface area contributed by atoms with Gasteiger partial charge in [-0.15, -0.1) is 0 Å². The second-order valence-corrected chi connectivity index (χ2v) is 4.34. The quantitative estimate of drug-likeness (QED) is 0.871. The van der Waals surface area contributed by atoms with Crippen molar-refractivity contribution in [1.82, 2.24) is 9.97 Å². The number of rotatable bonds is 4. The van der Waals surface area contributed by atoms with Crippen molar-refractivity contribution in [2.24, 2.45) is 0 Å². The second kappa shape index (κ2) is 5.43. The Balaban J connectivity index is 2.09. The molecule has 0 unspecified atom stereocenters. The molecule has 3 heteroatoms. The van der Waals surface area contributed by atoms with Crippen LogP contribution in [0, 0.1) is 0 Å². The fraction of sp³-hybridized carbons (Fsp3) is 0.286. The van der Waals surface area contributed by atoms with E-state index in [0.29, 0.717) is 5.92 Å². The normalized spacial score (nSPS) is 10.5. The van der Waals surface area contributed by atoms with Crippen molar-refractivity contribution in [3.05, 3.63) is 54.1 Å². The van der Waals surface area contributed by atoms with Gasteiger partial charge in [-0.3, -0.25) is 0 Å². The van der Waals surface area contributed by atoms with Crippen LogP contribution in [-0.2, 0) is 6.54 Å². The third-order valence-electron chi connectivity index (χ3n) is 2.68. The fourth-order valence-electron chi connectivity index (χ4n) is 1.78. The summed E-state index contributed by atoms with van der Waals surface area (Å²) in [5.74, 6) is 0.519. The highest BCUT2D eigenvalue weighted by Gasteiger charge is 2.04. The number of benzene rings is 1. The van der Waals surface area contributed by atoms with Crippen molar-refractivity contribution < 1.29 is 0 Å². The highest BCUT2D eigenvalue weighted by atomic mass is 14.9.